The summed E-state index contributed by atoms with van der Waals surface area (Å²) in [4.78, 5) is 24.1. The van der Waals surface area contributed by atoms with Gasteiger partial charge in [0.25, 0.3) is 5.69 Å². The van der Waals surface area contributed by atoms with Gasteiger partial charge >= 0.3 is 0 Å². The van der Waals surface area contributed by atoms with Crippen LogP contribution in [0.1, 0.15) is 23.6 Å². The number of carbonyl (C=O) groups excluding carboxylic acids is 1. The van der Waals surface area contributed by atoms with Crippen LogP contribution in [0.15, 0.2) is 48.5 Å². The van der Waals surface area contributed by atoms with Gasteiger partial charge in [-0.1, -0.05) is 43.3 Å². The van der Waals surface area contributed by atoms with Crippen molar-refractivity contribution in [2.24, 2.45) is 0 Å². The summed E-state index contributed by atoms with van der Waals surface area (Å²) in [5, 5.41) is 10.6. The highest BCUT2D eigenvalue weighted by Crippen LogP contribution is 2.13. The molecule has 1 amide bonds. The van der Waals surface area contributed by atoms with Crippen molar-refractivity contribution < 1.29 is 9.72 Å². The normalized spacial score (nSPS) is 10.3. The standard InChI is InChI=1S/C18H20N2O3/c1-3-14-4-6-16(7-5-14)13-19(2)18(21)12-15-8-10-17(11-9-15)20(22)23/h4-11H,3,12-13H2,1-2H3. The number of rotatable bonds is 6. The first-order valence-corrected chi connectivity index (χ1v) is 7.54. The number of carbonyl (C=O) groups is 1. The summed E-state index contributed by atoms with van der Waals surface area (Å²) in [5.74, 6) is -0.0154. The molecule has 2 aromatic rings. The van der Waals surface area contributed by atoms with Crippen LogP contribution in [0, 0.1) is 10.1 Å². The average Bonchev–Trinajstić information content (AvgIpc) is 2.56. The Morgan fingerprint density at radius 2 is 1.52 bits per heavy atom. The van der Waals surface area contributed by atoms with Crippen molar-refractivity contribution in [3.63, 3.8) is 0 Å². The third kappa shape index (κ3) is 4.64. The zero-order chi connectivity index (χ0) is 16.8. The fraction of sp³-hybridized carbons (Fsp3) is 0.278. The number of nitro groups is 1. The molecule has 0 heterocycles. The predicted molar refractivity (Wildman–Crippen MR) is 89.1 cm³/mol. The van der Waals surface area contributed by atoms with Crippen LogP contribution >= 0.6 is 0 Å². The van der Waals surface area contributed by atoms with E-state index in [2.05, 4.69) is 19.1 Å². The maximum Gasteiger partial charge on any atom is 0.269 e. The molecule has 0 atom stereocenters. The van der Waals surface area contributed by atoms with Crippen molar-refractivity contribution in [3.8, 4) is 0 Å². The van der Waals surface area contributed by atoms with Gasteiger partial charge in [-0.05, 0) is 23.1 Å². The highest BCUT2D eigenvalue weighted by Gasteiger charge is 2.11. The van der Waals surface area contributed by atoms with Crippen LogP contribution in [0.2, 0.25) is 0 Å². The van der Waals surface area contributed by atoms with Crippen LogP contribution in [-0.2, 0) is 24.2 Å². The Hall–Kier alpha value is -2.69. The number of hydrogen-bond acceptors (Lipinski definition) is 3. The summed E-state index contributed by atoms with van der Waals surface area (Å²) in [6.45, 7) is 2.66. The quantitative estimate of drug-likeness (QED) is 0.607. The topological polar surface area (TPSA) is 63.5 Å². The monoisotopic (exact) mass is 312 g/mol. The van der Waals surface area contributed by atoms with Crippen LogP contribution in [0.5, 0.6) is 0 Å². The molecule has 0 aliphatic rings. The van der Waals surface area contributed by atoms with Gasteiger partial charge in [0.15, 0.2) is 0 Å². The molecule has 5 heteroatoms. The van der Waals surface area contributed by atoms with Crippen molar-refractivity contribution in [2.75, 3.05) is 7.05 Å². The van der Waals surface area contributed by atoms with Crippen LogP contribution in [-0.4, -0.2) is 22.8 Å². The minimum atomic E-state index is -0.447. The minimum Gasteiger partial charge on any atom is -0.341 e. The third-order valence-corrected chi connectivity index (χ3v) is 3.78. The molecule has 0 spiro atoms. The molecule has 0 radical (unpaired) electrons. The number of aryl methyl sites for hydroxylation is 1. The van der Waals surface area contributed by atoms with Gasteiger partial charge in [0, 0.05) is 25.7 Å². The number of nitro benzene ring substituents is 1. The molecule has 0 bridgehead atoms. The fourth-order valence-corrected chi connectivity index (χ4v) is 2.29. The van der Waals surface area contributed by atoms with E-state index in [4.69, 9.17) is 0 Å². The van der Waals surface area contributed by atoms with E-state index >= 15 is 0 Å². The molecule has 0 saturated heterocycles. The lowest BCUT2D eigenvalue weighted by atomic mass is 10.1. The Kier molecular flexibility index (Phi) is 5.46. The zero-order valence-corrected chi connectivity index (χ0v) is 13.4. The number of amides is 1. The van der Waals surface area contributed by atoms with E-state index in [1.165, 1.54) is 17.7 Å². The molecule has 0 unspecified atom stereocenters. The summed E-state index contributed by atoms with van der Waals surface area (Å²) in [5.41, 5.74) is 3.16. The molecular weight excluding hydrogens is 292 g/mol. The maximum atomic E-state index is 12.3. The van der Waals surface area contributed by atoms with E-state index in [1.54, 1.807) is 24.1 Å². The fourth-order valence-electron chi connectivity index (χ4n) is 2.29. The molecule has 2 rings (SSSR count). The molecule has 0 N–H and O–H groups in total. The molecule has 0 aromatic heterocycles. The van der Waals surface area contributed by atoms with Crippen molar-refractivity contribution in [3.05, 3.63) is 75.3 Å². The lowest BCUT2D eigenvalue weighted by Crippen LogP contribution is -2.27. The molecule has 0 saturated carbocycles. The van der Waals surface area contributed by atoms with E-state index in [1.807, 2.05) is 12.1 Å². The minimum absolute atomic E-state index is 0.0154. The number of benzene rings is 2. The Balaban J connectivity index is 1.94. The summed E-state index contributed by atoms with van der Waals surface area (Å²) in [6, 6.07) is 14.3. The second-order valence-electron chi connectivity index (χ2n) is 5.52. The van der Waals surface area contributed by atoms with E-state index in [-0.39, 0.29) is 18.0 Å². The lowest BCUT2D eigenvalue weighted by Gasteiger charge is -2.17. The number of non-ortho nitro benzene ring substituents is 1. The van der Waals surface area contributed by atoms with Crippen molar-refractivity contribution in [1.82, 2.24) is 4.90 Å². The smallest absolute Gasteiger partial charge is 0.269 e. The maximum absolute atomic E-state index is 12.3. The van der Waals surface area contributed by atoms with Crippen LogP contribution < -0.4 is 0 Å². The largest absolute Gasteiger partial charge is 0.341 e. The first-order chi connectivity index (χ1) is 11.0. The SMILES string of the molecule is CCc1ccc(CN(C)C(=O)Cc2ccc([N+](=O)[O-])cc2)cc1. The van der Waals surface area contributed by atoms with Crippen LogP contribution in [0.3, 0.4) is 0 Å². The molecular formula is C18H20N2O3. The van der Waals surface area contributed by atoms with Crippen LogP contribution in [0.4, 0.5) is 5.69 Å². The van der Waals surface area contributed by atoms with Crippen molar-refractivity contribution in [2.45, 2.75) is 26.3 Å². The average molecular weight is 312 g/mol. The number of likely N-dealkylation sites (N-methyl/N-ethyl adjacent to an activating group) is 1. The number of nitrogens with zero attached hydrogens (tertiary/aromatic N) is 2. The molecule has 0 aliphatic heterocycles. The summed E-state index contributed by atoms with van der Waals surface area (Å²) in [6.07, 6.45) is 1.23. The second-order valence-corrected chi connectivity index (χ2v) is 5.52. The Bertz CT molecular complexity index is 678. The summed E-state index contributed by atoms with van der Waals surface area (Å²) >= 11 is 0. The van der Waals surface area contributed by atoms with Gasteiger partial charge in [-0.15, -0.1) is 0 Å². The second kappa shape index (κ2) is 7.54. The highest BCUT2D eigenvalue weighted by molar-refractivity contribution is 5.78. The molecule has 23 heavy (non-hydrogen) atoms. The molecule has 5 nitrogen and oxygen atoms in total. The van der Waals surface area contributed by atoms with Gasteiger partial charge in [0.05, 0.1) is 11.3 Å². The van der Waals surface area contributed by atoms with E-state index in [0.717, 1.165) is 17.5 Å². The lowest BCUT2D eigenvalue weighted by molar-refractivity contribution is -0.384. The Labute approximate surface area is 135 Å². The zero-order valence-electron chi connectivity index (χ0n) is 13.4. The summed E-state index contributed by atoms with van der Waals surface area (Å²) in [7, 11) is 1.77. The van der Waals surface area contributed by atoms with Crippen molar-refractivity contribution in [1.29, 1.82) is 0 Å². The first kappa shape index (κ1) is 16.7. The predicted octanol–water partition coefficient (Wildman–Crippen LogP) is 3.36. The summed E-state index contributed by atoms with van der Waals surface area (Å²) < 4.78 is 0. The van der Waals surface area contributed by atoms with Gasteiger partial charge in [0.1, 0.15) is 0 Å². The Morgan fingerprint density at radius 1 is 1.00 bits per heavy atom. The van der Waals surface area contributed by atoms with E-state index < -0.39 is 4.92 Å². The number of hydrogen-bond donors (Lipinski definition) is 0. The van der Waals surface area contributed by atoms with Gasteiger partial charge in [0.2, 0.25) is 5.91 Å². The molecule has 120 valence electrons. The highest BCUT2D eigenvalue weighted by atomic mass is 16.6. The van der Waals surface area contributed by atoms with Gasteiger partial charge in [-0.25, -0.2) is 0 Å². The van der Waals surface area contributed by atoms with Gasteiger partial charge < -0.3 is 4.90 Å². The third-order valence-electron chi connectivity index (χ3n) is 3.78. The Morgan fingerprint density at radius 3 is 2.04 bits per heavy atom. The van der Waals surface area contributed by atoms with Crippen LogP contribution in [0.25, 0.3) is 0 Å². The molecule has 0 aliphatic carbocycles. The van der Waals surface area contributed by atoms with Gasteiger partial charge in [-0.2, -0.15) is 0 Å². The van der Waals surface area contributed by atoms with E-state index in [0.29, 0.717) is 6.54 Å². The molecule has 2 aromatic carbocycles. The first-order valence-electron chi connectivity index (χ1n) is 7.54. The van der Waals surface area contributed by atoms with Crippen molar-refractivity contribution >= 4 is 11.6 Å². The van der Waals surface area contributed by atoms with E-state index in [9.17, 15) is 14.9 Å². The molecule has 0 fully saturated rings. The van der Waals surface area contributed by atoms with Gasteiger partial charge in [-0.3, -0.25) is 14.9 Å².